The summed E-state index contributed by atoms with van der Waals surface area (Å²) in [5, 5.41) is 11.6. The number of primary sulfonamides is 1. The van der Waals surface area contributed by atoms with Gasteiger partial charge in [0.05, 0.1) is 5.75 Å². The van der Waals surface area contributed by atoms with Crippen LogP contribution in [0.5, 0.6) is 0 Å². The smallest absolute Gasteiger partial charge is 0.257 e. The summed E-state index contributed by atoms with van der Waals surface area (Å²) >= 11 is 0. The van der Waals surface area contributed by atoms with Crippen LogP contribution in [0.15, 0.2) is 18.5 Å². The molecular formula is C8H13N9O2S. The summed E-state index contributed by atoms with van der Waals surface area (Å²) in [4.78, 5) is 12.0. The first-order chi connectivity index (χ1) is 9.48. The molecule has 0 bridgehead atoms. The fourth-order valence-corrected chi connectivity index (χ4v) is 1.69. The van der Waals surface area contributed by atoms with Crippen LogP contribution >= 0.6 is 0 Å². The van der Waals surface area contributed by atoms with E-state index in [9.17, 15) is 8.42 Å². The van der Waals surface area contributed by atoms with Crippen molar-refractivity contribution in [2.75, 3.05) is 23.0 Å². The van der Waals surface area contributed by atoms with Gasteiger partial charge in [0.15, 0.2) is 0 Å². The van der Waals surface area contributed by atoms with Crippen molar-refractivity contribution in [3.8, 4) is 5.95 Å². The molecule has 0 radical (unpaired) electrons. The minimum absolute atomic E-state index is 0.0609. The van der Waals surface area contributed by atoms with Crippen LogP contribution in [0.25, 0.3) is 5.95 Å². The molecule has 6 N–H and O–H groups in total. The molecule has 2 heterocycles. The first-order valence-electron chi connectivity index (χ1n) is 5.45. The molecule has 0 saturated heterocycles. The lowest BCUT2D eigenvalue weighted by Gasteiger charge is -2.07. The number of nitrogens with two attached hydrogens (primary N) is 2. The van der Waals surface area contributed by atoms with Crippen LogP contribution in [-0.4, -0.2) is 45.4 Å². The minimum atomic E-state index is -3.55. The van der Waals surface area contributed by atoms with E-state index in [2.05, 4.69) is 30.8 Å². The SMILES string of the molecule is NNc1nc(NCCS(N)(=O)=O)nc(-n2cccn2)n1. The minimum Gasteiger partial charge on any atom is -0.353 e. The summed E-state index contributed by atoms with van der Waals surface area (Å²) in [7, 11) is -3.55. The molecule has 0 aliphatic heterocycles. The number of nitrogens with one attached hydrogen (secondary N) is 2. The molecule has 20 heavy (non-hydrogen) atoms. The maximum Gasteiger partial charge on any atom is 0.257 e. The van der Waals surface area contributed by atoms with E-state index in [1.165, 1.54) is 4.68 Å². The lowest BCUT2D eigenvalue weighted by atomic mass is 10.7. The zero-order valence-corrected chi connectivity index (χ0v) is 11.1. The molecule has 0 saturated carbocycles. The summed E-state index contributed by atoms with van der Waals surface area (Å²) in [6, 6.07) is 1.70. The molecule has 0 spiro atoms. The quantitative estimate of drug-likeness (QED) is 0.350. The maximum absolute atomic E-state index is 10.8. The molecule has 12 heteroatoms. The van der Waals surface area contributed by atoms with E-state index in [1.54, 1.807) is 18.5 Å². The molecule has 2 aromatic heterocycles. The van der Waals surface area contributed by atoms with Crippen molar-refractivity contribution in [3.63, 3.8) is 0 Å². The van der Waals surface area contributed by atoms with Gasteiger partial charge in [0.2, 0.25) is 21.9 Å². The fraction of sp³-hybridized carbons (Fsp3) is 0.250. The van der Waals surface area contributed by atoms with Crippen molar-refractivity contribution in [2.24, 2.45) is 11.0 Å². The normalized spacial score (nSPS) is 11.3. The van der Waals surface area contributed by atoms with Crippen LogP contribution in [0.1, 0.15) is 0 Å². The summed E-state index contributed by atoms with van der Waals surface area (Å²) in [6.07, 6.45) is 3.21. The van der Waals surface area contributed by atoms with Gasteiger partial charge in [-0.15, -0.1) is 0 Å². The van der Waals surface area contributed by atoms with E-state index in [0.717, 1.165) is 0 Å². The van der Waals surface area contributed by atoms with E-state index in [0.29, 0.717) is 0 Å². The Morgan fingerprint density at radius 1 is 1.25 bits per heavy atom. The zero-order valence-electron chi connectivity index (χ0n) is 10.3. The number of nitrogens with zero attached hydrogens (tertiary/aromatic N) is 5. The predicted octanol–water partition coefficient (Wildman–Crippen LogP) is -1.96. The van der Waals surface area contributed by atoms with E-state index in [4.69, 9.17) is 11.0 Å². The molecule has 0 fully saturated rings. The van der Waals surface area contributed by atoms with E-state index < -0.39 is 10.0 Å². The number of hydrazine groups is 1. The molecule has 0 aromatic carbocycles. The second-order valence-corrected chi connectivity index (χ2v) is 5.41. The second-order valence-electron chi connectivity index (χ2n) is 3.67. The van der Waals surface area contributed by atoms with Crippen molar-refractivity contribution in [2.45, 2.75) is 0 Å². The van der Waals surface area contributed by atoms with Crippen LogP contribution in [0.4, 0.5) is 11.9 Å². The standard InChI is InChI=1S/C8H13N9O2S/c9-16-7-13-6(11-3-5-20(10,18)19)14-8(15-7)17-4-1-2-12-17/h1-2,4H,3,5,9H2,(H2,10,18,19)(H2,11,13,14,15,16). The number of hydrogen-bond donors (Lipinski definition) is 4. The van der Waals surface area contributed by atoms with Gasteiger partial charge in [0.25, 0.3) is 5.95 Å². The summed E-state index contributed by atoms with van der Waals surface area (Å²) in [6.45, 7) is 0.0609. The molecule has 0 aliphatic carbocycles. The molecule has 11 nitrogen and oxygen atoms in total. The van der Waals surface area contributed by atoms with Crippen LogP contribution in [0, 0.1) is 0 Å². The average Bonchev–Trinajstić information content (AvgIpc) is 2.90. The van der Waals surface area contributed by atoms with E-state index in [1.807, 2.05) is 0 Å². The number of rotatable bonds is 6. The topological polar surface area (TPSA) is 167 Å². The molecule has 2 aromatic rings. The van der Waals surface area contributed by atoms with Crippen molar-refractivity contribution in [3.05, 3.63) is 18.5 Å². The third-order valence-corrected chi connectivity index (χ3v) is 2.90. The molecule has 2 rings (SSSR count). The Morgan fingerprint density at radius 3 is 2.60 bits per heavy atom. The number of nitrogen functional groups attached to an aromatic ring is 1. The Balaban J connectivity index is 2.18. The van der Waals surface area contributed by atoms with Gasteiger partial charge in [-0.2, -0.15) is 20.1 Å². The Morgan fingerprint density at radius 2 is 2.00 bits per heavy atom. The highest BCUT2D eigenvalue weighted by Crippen LogP contribution is 2.07. The monoisotopic (exact) mass is 299 g/mol. The first-order valence-corrected chi connectivity index (χ1v) is 7.16. The maximum atomic E-state index is 10.8. The van der Waals surface area contributed by atoms with E-state index in [-0.39, 0.29) is 30.1 Å². The highest BCUT2D eigenvalue weighted by atomic mass is 32.2. The molecule has 108 valence electrons. The van der Waals surface area contributed by atoms with Gasteiger partial charge < -0.3 is 5.32 Å². The number of anilines is 2. The first kappa shape index (κ1) is 14.1. The molecule has 0 aliphatic rings. The average molecular weight is 299 g/mol. The highest BCUT2D eigenvalue weighted by Gasteiger charge is 2.08. The summed E-state index contributed by atoms with van der Waals surface area (Å²) in [5.41, 5.74) is 2.29. The van der Waals surface area contributed by atoms with Gasteiger partial charge >= 0.3 is 0 Å². The van der Waals surface area contributed by atoms with Crippen LogP contribution in [0.2, 0.25) is 0 Å². The second kappa shape index (κ2) is 5.77. The van der Waals surface area contributed by atoms with Gasteiger partial charge in [-0.05, 0) is 6.07 Å². The zero-order chi connectivity index (χ0) is 14.6. The van der Waals surface area contributed by atoms with Gasteiger partial charge in [0.1, 0.15) is 0 Å². The Labute approximate surface area is 114 Å². The third-order valence-electron chi connectivity index (χ3n) is 2.13. The van der Waals surface area contributed by atoms with Gasteiger partial charge in [-0.3, -0.25) is 5.43 Å². The Hall–Kier alpha value is -2.31. The van der Waals surface area contributed by atoms with Crippen LogP contribution < -0.4 is 21.7 Å². The van der Waals surface area contributed by atoms with Crippen molar-refractivity contribution in [1.29, 1.82) is 0 Å². The van der Waals surface area contributed by atoms with Crippen LogP contribution in [-0.2, 0) is 10.0 Å². The van der Waals surface area contributed by atoms with Crippen molar-refractivity contribution < 1.29 is 8.42 Å². The highest BCUT2D eigenvalue weighted by molar-refractivity contribution is 7.89. The molecular weight excluding hydrogens is 286 g/mol. The summed E-state index contributed by atoms with van der Waals surface area (Å²) in [5.74, 6) is 5.52. The molecule has 0 amide bonds. The largest absolute Gasteiger partial charge is 0.353 e. The lowest BCUT2D eigenvalue weighted by molar-refractivity contribution is 0.598. The molecule has 0 atom stereocenters. The fourth-order valence-electron chi connectivity index (χ4n) is 1.30. The number of hydrogen-bond acceptors (Lipinski definition) is 9. The Bertz CT molecular complexity index is 669. The Kier molecular flexibility index (Phi) is 4.07. The van der Waals surface area contributed by atoms with E-state index >= 15 is 0 Å². The lowest BCUT2D eigenvalue weighted by Crippen LogP contribution is -2.23. The van der Waals surface area contributed by atoms with Gasteiger partial charge in [-0.25, -0.2) is 24.1 Å². The van der Waals surface area contributed by atoms with Crippen molar-refractivity contribution >= 4 is 21.9 Å². The summed E-state index contributed by atoms with van der Waals surface area (Å²) < 4.78 is 23.1. The van der Waals surface area contributed by atoms with Gasteiger partial charge in [0, 0.05) is 18.9 Å². The third kappa shape index (κ3) is 3.84. The number of sulfonamides is 1. The van der Waals surface area contributed by atoms with Gasteiger partial charge in [-0.1, -0.05) is 0 Å². The predicted molar refractivity (Wildman–Crippen MR) is 71.2 cm³/mol. The van der Waals surface area contributed by atoms with Crippen LogP contribution in [0.3, 0.4) is 0 Å². The van der Waals surface area contributed by atoms with Crippen molar-refractivity contribution in [1.82, 2.24) is 24.7 Å². The molecule has 0 unspecified atom stereocenters. The number of aromatic nitrogens is 5.